The van der Waals surface area contributed by atoms with E-state index in [0.717, 1.165) is 46.5 Å². The SMILES string of the molecule is Cc1cc(NC(CC(C)C)c2ccccc2)cc(C)c1-c1ccc(C(F)(F)F)cc1. The summed E-state index contributed by atoms with van der Waals surface area (Å²) in [6.07, 6.45) is -3.32. The zero-order valence-corrected chi connectivity index (χ0v) is 17.8. The number of hydrogen-bond donors (Lipinski definition) is 1. The van der Waals surface area contributed by atoms with Crippen LogP contribution in [0.1, 0.15) is 48.6 Å². The van der Waals surface area contributed by atoms with Crippen LogP contribution in [0.3, 0.4) is 0 Å². The van der Waals surface area contributed by atoms with E-state index in [2.05, 4.69) is 55.6 Å². The maximum Gasteiger partial charge on any atom is 0.416 e. The van der Waals surface area contributed by atoms with Crippen molar-refractivity contribution in [3.05, 3.63) is 89.0 Å². The lowest BCUT2D eigenvalue weighted by Gasteiger charge is -2.24. The molecule has 0 saturated heterocycles. The largest absolute Gasteiger partial charge is 0.416 e. The van der Waals surface area contributed by atoms with E-state index in [9.17, 15) is 13.2 Å². The summed E-state index contributed by atoms with van der Waals surface area (Å²) in [6, 6.07) is 20.1. The molecular weight excluding hydrogens is 383 g/mol. The molecular formula is C26H28F3N. The zero-order valence-electron chi connectivity index (χ0n) is 17.8. The molecule has 1 atom stereocenters. The fourth-order valence-electron chi connectivity index (χ4n) is 3.96. The summed E-state index contributed by atoms with van der Waals surface area (Å²) in [6.45, 7) is 8.43. The summed E-state index contributed by atoms with van der Waals surface area (Å²) >= 11 is 0. The van der Waals surface area contributed by atoms with E-state index in [1.165, 1.54) is 5.56 Å². The summed E-state index contributed by atoms with van der Waals surface area (Å²) in [5, 5.41) is 3.67. The Kier molecular flexibility index (Phi) is 6.55. The molecule has 158 valence electrons. The molecule has 0 amide bonds. The lowest BCUT2D eigenvalue weighted by atomic mass is 9.93. The Morgan fingerprint density at radius 2 is 1.40 bits per heavy atom. The van der Waals surface area contributed by atoms with Crippen molar-refractivity contribution in [1.82, 2.24) is 0 Å². The van der Waals surface area contributed by atoms with E-state index < -0.39 is 11.7 Å². The van der Waals surface area contributed by atoms with Gasteiger partial charge in [0.2, 0.25) is 0 Å². The van der Waals surface area contributed by atoms with Gasteiger partial charge in [0, 0.05) is 5.69 Å². The summed E-state index contributed by atoms with van der Waals surface area (Å²) in [5.74, 6) is 0.538. The quantitative estimate of drug-likeness (QED) is 0.431. The monoisotopic (exact) mass is 411 g/mol. The van der Waals surface area contributed by atoms with Crippen LogP contribution in [0.15, 0.2) is 66.7 Å². The van der Waals surface area contributed by atoms with Crippen LogP contribution >= 0.6 is 0 Å². The molecule has 1 unspecified atom stereocenters. The molecule has 30 heavy (non-hydrogen) atoms. The Hall–Kier alpha value is -2.75. The van der Waals surface area contributed by atoms with Gasteiger partial charge in [-0.05, 0) is 78.3 Å². The van der Waals surface area contributed by atoms with Crippen LogP contribution in [0.2, 0.25) is 0 Å². The van der Waals surface area contributed by atoms with Gasteiger partial charge in [-0.1, -0.05) is 56.3 Å². The van der Waals surface area contributed by atoms with Crippen LogP contribution in [0.25, 0.3) is 11.1 Å². The topological polar surface area (TPSA) is 12.0 Å². The van der Waals surface area contributed by atoms with Gasteiger partial charge < -0.3 is 5.32 Å². The van der Waals surface area contributed by atoms with E-state index in [0.29, 0.717) is 5.92 Å². The summed E-state index contributed by atoms with van der Waals surface area (Å²) in [5.41, 5.74) is 5.49. The molecule has 0 aliphatic carbocycles. The zero-order chi connectivity index (χ0) is 21.9. The minimum Gasteiger partial charge on any atom is -0.378 e. The first-order valence-electron chi connectivity index (χ1n) is 10.3. The first kappa shape index (κ1) is 21.9. The Balaban J connectivity index is 1.90. The number of halogens is 3. The van der Waals surface area contributed by atoms with Gasteiger partial charge in [0.25, 0.3) is 0 Å². The first-order valence-corrected chi connectivity index (χ1v) is 10.3. The molecule has 0 saturated carbocycles. The van der Waals surface area contributed by atoms with Crippen molar-refractivity contribution < 1.29 is 13.2 Å². The van der Waals surface area contributed by atoms with Crippen molar-refractivity contribution in [3.8, 4) is 11.1 Å². The molecule has 0 aromatic heterocycles. The molecule has 0 aliphatic heterocycles. The number of benzene rings is 3. The van der Waals surface area contributed by atoms with E-state index in [1.54, 1.807) is 12.1 Å². The van der Waals surface area contributed by atoms with E-state index in [4.69, 9.17) is 0 Å². The van der Waals surface area contributed by atoms with E-state index in [1.807, 2.05) is 19.9 Å². The van der Waals surface area contributed by atoms with Crippen LogP contribution in [-0.2, 0) is 6.18 Å². The predicted molar refractivity (Wildman–Crippen MR) is 119 cm³/mol. The minimum atomic E-state index is -4.32. The third kappa shape index (κ3) is 5.24. The smallest absolute Gasteiger partial charge is 0.378 e. The number of alkyl halides is 3. The first-order chi connectivity index (χ1) is 14.1. The van der Waals surface area contributed by atoms with E-state index in [-0.39, 0.29) is 6.04 Å². The predicted octanol–water partition coefficient (Wildman–Crippen LogP) is 8.19. The highest BCUT2D eigenvalue weighted by Gasteiger charge is 2.30. The van der Waals surface area contributed by atoms with E-state index >= 15 is 0 Å². The molecule has 0 radical (unpaired) electrons. The van der Waals surface area contributed by atoms with Gasteiger partial charge >= 0.3 is 6.18 Å². The minimum absolute atomic E-state index is 0.196. The fourth-order valence-corrected chi connectivity index (χ4v) is 3.96. The van der Waals surface area contributed by atoms with Crippen LogP contribution < -0.4 is 5.32 Å². The maximum absolute atomic E-state index is 12.9. The standard InChI is InChI=1S/C26H28F3N/c1-17(2)14-24(20-8-6-5-7-9-20)30-23-15-18(3)25(19(4)16-23)21-10-12-22(13-11-21)26(27,28)29/h5-13,15-17,24,30H,14H2,1-4H3. The number of aryl methyl sites for hydroxylation is 2. The van der Waals surface area contributed by atoms with Gasteiger partial charge in [0.05, 0.1) is 11.6 Å². The molecule has 3 aromatic rings. The van der Waals surface area contributed by atoms with Crippen molar-refractivity contribution in [2.24, 2.45) is 5.92 Å². The van der Waals surface area contributed by atoms with Crippen molar-refractivity contribution in [2.75, 3.05) is 5.32 Å². The fraction of sp³-hybridized carbons (Fsp3) is 0.308. The van der Waals surface area contributed by atoms with Crippen molar-refractivity contribution in [3.63, 3.8) is 0 Å². The number of hydrogen-bond acceptors (Lipinski definition) is 1. The van der Waals surface area contributed by atoms with Crippen LogP contribution in [0.5, 0.6) is 0 Å². The van der Waals surface area contributed by atoms with Crippen molar-refractivity contribution in [2.45, 2.75) is 46.3 Å². The summed E-state index contributed by atoms with van der Waals surface area (Å²) in [7, 11) is 0. The lowest BCUT2D eigenvalue weighted by Crippen LogP contribution is -2.13. The Bertz CT molecular complexity index is 950. The highest BCUT2D eigenvalue weighted by molar-refractivity contribution is 5.74. The highest BCUT2D eigenvalue weighted by atomic mass is 19.4. The maximum atomic E-state index is 12.9. The van der Waals surface area contributed by atoms with Crippen LogP contribution in [0.4, 0.5) is 18.9 Å². The Labute approximate surface area is 177 Å². The average Bonchev–Trinajstić information content (AvgIpc) is 2.67. The molecule has 0 bridgehead atoms. The molecule has 0 spiro atoms. The van der Waals surface area contributed by atoms with Gasteiger partial charge in [-0.2, -0.15) is 13.2 Å². The average molecular weight is 412 g/mol. The molecule has 0 aliphatic rings. The normalized spacial score (nSPS) is 12.8. The Morgan fingerprint density at radius 3 is 1.90 bits per heavy atom. The summed E-state index contributed by atoms with van der Waals surface area (Å²) in [4.78, 5) is 0. The second-order valence-electron chi connectivity index (χ2n) is 8.30. The molecule has 4 heteroatoms. The molecule has 1 nitrogen and oxygen atoms in total. The Morgan fingerprint density at radius 1 is 0.833 bits per heavy atom. The molecule has 0 heterocycles. The molecule has 0 fully saturated rings. The third-order valence-corrected chi connectivity index (χ3v) is 5.28. The van der Waals surface area contributed by atoms with Crippen molar-refractivity contribution >= 4 is 5.69 Å². The highest BCUT2D eigenvalue weighted by Crippen LogP contribution is 2.35. The summed E-state index contributed by atoms with van der Waals surface area (Å²) < 4.78 is 38.6. The van der Waals surface area contributed by atoms with Gasteiger partial charge in [-0.15, -0.1) is 0 Å². The van der Waals surface area contributed by atoms with Gasteiger partial charge in [-0.25, -0.2) is 0 Å². The second-order valence-corrected chi connectivity index (χ2v) is 8.30. The molecule has 3 aromatic carbocycles. The third-order valence-electron chi connectivity index (χ3n) is 5.28. The van der Waals surface area contributed by atoms with Crippen LogP contribution in [0, 0.1) is 19.8 Å². The van der Waals surface area contributed by atoms with Crippen LogP contribution in [-0.4, -0.2) is 0 Å². The van der Waals surface area contributed by atoms with Gasteiger partial charge in [0.1, 0.15) is 0 Å². The number of anilines is 1. The van der Waals surface area contributed by atoms with Gasteiger partial charge in [0.15, 0.2) is 0 Å². The molecule has 3 rings (SSSR count). The van der Waals surface area contributed by atoms with Crippen molar-refractivity contribution in [1.29, 1.82) is 0 Å². The number of nitrogens with one attached hydrogen (secondary N) is 1. The van der Waals surface area contributed by atoms with Gasteiger partial charge in [-0.3, -0.25) is 0 Å². The molecule has 1 N–H and O–H groups in total. The number of rotatable bonds is 6. The lowest BCUT2D eigenvalue weighted by molar-refractivity contribution is -0.137. The second kappa shape index (κ2) is 8.95.